The molecular weight excluding hydrogens is 179 g/mol. The molecule has 0 aliphatic rings. The Morgan fingerprint density at radius 3 is 2.45 bits per heavy atom. The van der Waals surface area contributed by atoms with Gasteiger partial charge in [0.25, 0.3) is 0 Å². The van der Waals surface area contributed by atoms with Crippen LogP contribution in [0.3, 0.4) is 0 Å². The Hall–Kier alpha value is -0.160. The minimum absolute atomic E-state index is 0. The molecule has 0 bridgehead atoms. The van der Waals surface area contributed by atoms with Crippen LogP contribution in [-0.4, -0.2) is 50.8 Å². The number of carboxylic acid groups (broad SMARTS) is 1. The molecule has 0 spiro atoms. The first-order chi connectivity index (χ1) is 4.70. The maximum absolute atomic E-state index is 10.2. The summed E-state index contributed by atoms with van der Waals surface area (Å²) in [5, 5.41) is 15.1. The summed E-state index contributed by atoms with van der Waals surface area (Å²) in [6.45, 7) is 0. The van der Waals surface area contributed by atoms with Crippen molar-refractivity contribution in [1.29, 1.82) is 0 Å². The number of halogens is 1. The van der Waals surface area contributed by atoms with Gasteiger partial charge in [-0.15, -0.1) is 10.2 Å². The van der Waals surface area contributed by atoms with Gasteiger partial charge in [-0.2, -0.15) is 0 Å². The molecule has 11 heavy (non-hydrogen) atoms. The topological polar surface area (TPSA) is 63.1 Å². The van der Waals surface area contributed by atoms with Crippen molar-refractivity contribution in [3.05, 3.63) is 23.0 Å². The van der Waals surface area contributed by atoms with Crippen molar-refractivity contribution in [3.63, 3.8) is 0 Å². The Labute approximate surface area is 89.9 Å². The van der Waals surface area contributed by atoms with Crippen molar-refractivity contribution in [2.75, 3.05) is 0 Å². The van der Waals surface area contributed by atoms with E-state index in [1.54, 1.807) is 0 Å². The van der Waals surface area contributed by atoms with Crippen LogP contribution in [0.4, 0.5) is 0 Å². The molecule has 0 saturated carbocycles. The van der Waals surface area contributed by atoms with E-state index in [0.29, 0.717) is 0 Å². The standard InChI is InChI=1S/C5H3ClN2O2.Na/c6-4-2-1-3(5(9)10)7-8-4;/h1-2H,(H,9,10);. The third-order valence-corrected chi connectivity index (χ3v) is 1.05. The van der Waals surface area contributed by atoms with Gasteiger partial charge in [0, 0.05) is 29.6 Å². The zero-order chi connectivity index (χ0) is 7.56. The largest absolute Gasteiger partial charge is 0.476 e. The molecule has 1 rings (SSSR count). The number of carbonyl (C=O) groups is 1. The average molecular weight is 182 g/mol. The van der Waals surface area contributed by atoms with E-state index >= 15 is 0 Å². The zero-order valence-corrected chi connectivity index (χ0v) is 8.54. The molecule has 0 unspecified atom stereocenters. The van der Waals surface area contributed by atoms with Gasteiger partial charge >= 0.3 is 5.97 Å². The van der Waals surface area contributed by atoms with Crippen LogP contribution in [0.5, 0.6) is 0 Å². The maximum atomic E-state index is 10.2. The number of carboxylic acids is 1. The molecule has 0 saturated heterocycles. The summed E-state index contributed by atoms with van der Waals surface area (Å²) in [5.74, 6) is -1.11. The van der Waals surface area contributed by atoms with Gasteiger partial charge in [-0.25, -0.2) is 4.79 Å². The van der Waals surface area contributed by atoms with Crippen LogP contribution in [0.25, 0.3) is 0 Å². The minimum atomic E-state index is -1.11. The Morgan fingerprint density at radius 2 is 2.09 bits per heavy atom. The zero-order valence-electron chi connectivity index (χ0n) is 5.78. The summed E-state index contributed by atoms with van der Waals surface area (Å²) in [7, 11) is 0. The molecule has 0 fully saturated rings. The normalized spacial score (nSPS) is 8.45. The van der Waals surface area contributed by atoms with Crippen LogP contribution >= 0.6 is 11.6 Å². The molecule has 6 heteroatoms. The average Bonchev–Trinajstić information content (AvgIpc) is 1.88. The van der Waals surface area contributed by atoms with Gasteiger partial charge in [0.1, 0.15) is 0 Å². The summed E-state index contributed by atoms with van der Waals surface area (Å²) in [4.78, 5) is 10.2. The van der Waals surface area contributed by atoms with Gasteiger partial charge in [0.15, 0.2) is 10.8 Å². The van der Waals surface area contributed by atoms with E-state index in [-0.39, 0.29) is 40.4 Å². The molecule has 1 N–H and O–H groups in total. The Kier molecular flexibility index (Phi) is 4.60. The Morgan fingerprint density at radius 1 is 1.45 bits per heavy atom. The summed E-state index contributed by atoms with van der Waals surface area (Å²) in [6.07, 6.45) is 0. The van der Waals surface area contributed by atoms with Crippen molar-refractivity contribution in [3.8, 4) is 0 Å². The number of aromatic carboxylic acids is 1. The molecule has 0 amide bonds. The van der Waals surface area contributed by atoms with Crippen molar-refractivity contribution < 1.29 is 9.90 Å². The molecule has 53 valence electrons. The third kappa shape index (κ3) is 3.16. The number of aromatic nitrogens is 2. The van der Waals surface area contributed by atoms with Crippen molar-refractivity contribution in [2.45, 2.75) is 0 Å². The minimum Gasteiger partial charge on any atom is -0.476 e. The van der Waals surface area contributed by atoms with Gasteiger partial charge in [-0.05, 0) is 12.1 Å². The molecule has 0 atom stereocenters. The van der Waals surface area contributed by atoms with Crippen molar-refractivity contribution in [2.24, 2.45) is 0 Å². The number of rotatable bonds is 1. The fourth-order valence-electron chi connectivity index (χ4n) is 0.430. The second-order valence-electron chi connectivity index (χ2n) is 1.55. The quantitative estimate of drug-likeness (QED) is 0.639. The van der Waals surface area contributed by atoms with E-state index in [2.05, 4.69) is 10.2 Å². The van der Waals surface area contributed by atoms with Crippen LogP contribution in [0.1, 0.15) is 10.5 Å². The van der Waals surface area contributed by atoms with Gasteiger partial charge in [-0.1, -0.05) is 11.6 Å². The predicted molar refractivity (Wildman–Crippen MR) is 39.8 cm³/mol. The van der Waals surface area contributed by atoms with E-state index in [9.17, 15) is 4.79 Å². The van der Waals surface area contributed by atoms with Crippen LogP contribution in [0, 0.1) is 0 Å². The van der Waals surface area contributed by atoms with E-state index in [1.165, 1.54) is 12.1 Å². The molecule has 1 radical (unpaired) electrons. The van der Waals surface area contributed by atoms with Gasteiger partial charge < -0.3 is 5.11 Å². The molecular formula is C5H3ClN2NaO2. The van der Waals surface area contributed by atoms with Crippen LogP contribution in [0.2, 0.25) is 5.15 Å². The van der Waals surface area contributed by atoms with Gasteiger partial charge in [0.05, 0.1) is 0 Å². The number of nitrogens with zero attached hydrogens (tertiary/aromatic N) is 2. The number of hydrogen-bond donors (Lipinski definition) is 1. The first-order valence-corrected chi connectivity index (χ1v) is 2.80. The summed E-state index contributed by atoms with van der Waals surface area (Å²) >= 11 is 5.35. The molecule has 1 aromatic rings. The molecule has 0 aliphatic heterocycles. The fraction of sp³-hybridized carbons (Fsp3) is 0. The van der Waals surface area contributed by atoms with Gasteiger partial charge in [-0.3, -0.25) is 0 Å². The second kappa shape index (κ2) is 4.66. The second-order valence-corrected chi connectivity index (χ2v) is 1.93. The smallest absolute Gasteiger partial charge is 0.356 e. The SMILES string of the molecule is O=C(O)c1ccc(Cl)nn1.[Na]. The van der Waals surface area contributed by atoms with E-state index in [4.69, 9.17) is 16.7 Å². The van der Waals surface area contributed by atoms with Gasteiger partial charge in [0.2, 0.25) is 0 Å². The third-order valence-electron chi connectivity index (χ3n) is 0.851. The van der Waals surface area contributed by atoms with Crippen molar-refractivity contribution in [1.82, 2.24) is 10.2 Å². The Bertz CT molecular complexity index is 251. The van der Waals surface area contributed by atoms with Crippen molar-refractivity contribution >= 4 is 47.1 Å². The van der Waals surface area contributed by atoms with Crippen LogP contribution in [-0.2, 0) is 0 Å². The molecule has 0 aromatic carbocycles. The van der Waals surface area contributed by atoms with Crippen LogP contribution < -0.4 is 0 Å². The summed E-state index contributed by atoms with van der Waals surface area (Å²) < 4.78 is 0. The Balaban J connectivity index is 0.000001000. The molecule has 1 aromatic heterocycles. The molecule has 1 heterocycles. The summed E-state index contributed by atoms with van der Waals surface area (Å²) in [5.41, 5.74) is -0.107. The monoisotopic (exact) mass is 181 g/mol. The van der Waals surface area contributed by atoms with Crippen LogP contribution in [0.15, 0.2) is 12.1 Å². The first-order valence-electron chi connectivity index (χ1n) is 2.42. The van der Waals surface area contributed by atoms with E-state index in [0.717, 1.165) is 0 Å². The van der Waals surface area contributed by atoms with E-state index < -0.39 is 5.97 Å². The first kappa shape index (κ1) is 10.8. The molecule has 0 aliphatic carbocycles. The summed E-state index contributed by atoms with van der Waals surface area (Å²) in [6, 6.07) is 2.66. The van der Waals surface area contributed by atoms with E-state index in [1.807, 2.05) is 0 Å². The number of hydrogen-bond acceptors (Lipinski definition) is 3. The maximum Gasteiger partial charge on any atom is 0.356 e. The fourth-order valence-corrected chi connectivity index (χ4v) is 0.531. The predicted octanol–water partition coefficient (Wildman–Crippen LogP) is 0.447. The molecule has 4 nitrogen and oxygen atoms in total.